The summed E-state index contributed by atoms with van der Waals surface area (Å²) >= 11 is 0. The summed E-state index contributed by atoms with van der Waals surface area (Å²) in [4.78, 5) is 40.3. The maximum Gasteiger partial charge on any atom is 0.202 e. The lowest BCUT2D eigenvalue weighted by atomic mass is 9.72. The van der Waals surface area contributed by atoms with Gasteiger partial charge in [0.25, 0.3) is 0 Å². The number of ketones is 3. The second-order valence-electron chi connectivity index (χ2n) is 11.8. The summed E-state index contributed by atoms with van der Waals surface area (Å²) < 4.78 is 23.5. The van der Waals surface area contributed by atoms with Gasteiger partial charge in [0.05, 0.1) is 48.7 Å². The smallest absolute Gasteiger partial charge is 0.202 e. The lowest BCUT2D eigenvalue weighted by molar-refractivity contribution is -0.273. The molecule has 5 N–H and O–H groups in total. The largest absolute Gasteiger partial charge is 0.507 e. The number of hydrogen-bond donors (Lipinski definition) is 5. The topological polar surface area (TPSA) is 189 Å². The molecule has 0 spiro atoms. The van der Waals surface area contributed by atoms with Gasteiger partial charge in [0.1, 0.15) is 35.6 Å². The van der Waals surface area contributed by atoms with Crippen molar-refractivity contribution < 1.29 is 58.9 Å². The van der Waals surface area contributed by atoms with Gasteiger partial charge in [-0.25, -0.2) is 0 Å². The summed E-state index contributed by atoms with van der Waals surface area (Å²) in [5, 5.41) is 55.1. The number of hydrogen-bond acceptors (Lipinski definition) is 12. The molecule has 6 rings (SSSR count). The SMILES string of the molecule is COc1cccc2c1C(=O)c1c(O)c3c(c(O)c1C2=O)C[C@@](O)(C(=O)CO)CC3O[C@H]1C[C@H](OCc2ccccc2)[C@H](O)[C@H](C)O1. The van der Waals surface area contributed by atoms with Crippen LogP contribution in [0.5, 0.6) is 17.2 Å². The molecule has 3 aromatic carbocycles. The highest BCUT2D eigenvalue weighted by atomic mass is 16.7. The van der Waals surface area contributed by atoms with Gasteiger partial charge in [-0.1, -0.05) is 42.5 Å². The van der Waals surface area contributed by atoms with Crippen molar-refractivity contribution >= 4 is 17.3 Å². The molecule has 3 aliphatic rings. The van der Waals surface area contributed by atoms with Crippen molar-refractivity contribution in [1.82, 2.24) is 0 Å². The van der Waals surface area contributed by atoms with Gasteiger partial charge in [-0.15, -0.1) is 0 Å². The first-order valence-corrected chi connectivity index (χ1v) is 14.9. The highest BCUT2D eigenvalue weighted by Crippen LogP contribution is 2.52. The van der Waals surface area contributed by atoms with E-state index >= 15 is 0 Å². The van der Waals surface area contributed by atoms with Crippen LogP contribution in [0, 0.1) is 0 Å². The van der Waals surface area contributed by atoms with Crippen LogP contribution in [0.4, 0.5) is 0 Å². The van der Waals surface area contributed by atoms with E-state index in [4.69, 9.17) is 18.9 Å². The Bertz CT molecular complexity index is 1700. The fraction of sp³-hybridized carbons (Fsp3) is 0.382. The molecule has 0 aromatic heterocycles. The number of aliphatic hydroxyl groups excluding tert-OH is 2. The van der Waals surface area contributed by atoms with Crippen LogP contribution in [-0.2, 0) is 32.0 Å². The fourth-order valence-electron chi connectivity index (χ4n) is 6.62. The van der Waals surface area contributed by atoms with E-state index in [1.165, 1.54) is 25.3 Å². The number of fused-ring (bicyclic) bond motifs is 3. The molecule has 6 atom stereocenters. The van der Waals surface area contributed by atoms with Crippen molar-refractivity contribution in [3.63, 3.8) is 0 Å². The Hall–Kier alpha value is -4.17. The lowest BCUT2D eigenvalue weighted by Crippen LogP contribution is -2.51. The summed E-state index contributed by atoms with van der Waals surface area (Å²) in [5.41, 5.74) is -2.79. The molecule has 1 fully saturated rings. The zero-order valence-corrected chi connectivity index (χ0v) is 25.1. The van der Waals surface area contributed by atoms with Crippen molar-refractivity contribution in [2.24, 2.45) is 0 Å². The van der Waals surface area contributed by atoms with Gasteiger partial charge in [-0.05, 0) is 18.6 Å². The summed E-state index contributed by atoms with van der Waals surface area (Å²) in [7, 11) is 1.33. The molecular formula is C34H34O12. The van der Waals surface area contributed by atoms with Gasteiger partial charge in [-0.2, -0.15) is 0 Å². The number of ether oxygens (including phenoxy) is 4. The molecule has 46 heavy (non-hydrogen) atoms. The molecule has 0 bridgehead atoms. The molecular weight excluding hydrogens is 600 g/mol. The highest BCUT2D eigenvalue weighted by Gasteiger charge is 2.50. The molecule has 2 aliphatic carbocycles. The summed E-state index contributed by atoms with van der Waals surface area (Å²) in [6.07, 6.45) is -6.06. The fourth-order valence-corrected chi connectivity index (χ4v) is 6.62. The quantitative estimate of drug-likeness (QED) is 0.178. The molecule has 0 saturated carbocycles. The number of phenols is 2. The van der Waals surface area contributed by atoms with E-state index in [-0.39, 0.29) is 41.0 Å². The Labute approximate surface area is 263 Å². The molecule has 12 nitrogen and oxygen atoms in total. The number of Topliss-reactive ketones (excluding diaryl/α,β-unsaturated/α-hetero) is 1. The number of phenolic OH excluding ortho intramolecular Hbond substituents is 2. The maximum atomic E-state index is 13.8. The van der Waals surface area contributed by atoms with Crippen LogP contribution >= 0.6 is 0 Å². The molecule has 0 amide bonds. The molecule has 1 unspecified atom stereocenters. The predicted molar refractivity (Wildman–Crippen MR) is 159 cm³/mol. The van der Waals surface area contributed by atoms with Crippen molar-refractivity contribution in [3.05, 3.63) is 87.5 Å². The van der Waals surface area contributed by atoms with Crippen LogP contribution < -0.4 is 4.74 Å². The first-order chi connectivity index (χ1) is 22.0. The minimum Gasteiger partial charge on any atom is -0.507 e. The number of methoxy groups -OCH3 is 1. The number of carbonyl (C=O) groups excluding carboxylic acids is 3. The Morgan fingerprint density at radius 3 is 2.41 bits per heavy atom. The zero-order valence-electron chi connectivity index (χ0n) is 25.1. The van der Waals surface area contributed by atoms with Crippen molar-refractivity contribution in [1.29, 1.82) is 0 Å². The molecule has 242 valence electrons. The second-order valence-corrected chi connectivity index (χ2v) is 11.8. The standard InChI is InChI=1S/C34H34O12/c1-16-29(37)21(44-15-17-7-4-3-5-8-17)11-24(45-16)46-22-13-34(42,23(36)14-35)12-19-26(22)33(41)28-27(31(19)39)30(38)18-9-6-10-20(43-2)25(18)32(28)40/h3-10,16,21-22,24,29,35,37,39,41-42H,11-15H2,1-2H3/t16-,21-,22?,24-,29+,34-/m0/s1. The molecule has 0 radical (unpaired) electrons. The second kappa shape index (κ2) is 12.2. The van der Waals surface area contributed by atoms with Gasteiger partial charge in [0.15, 0.2) is 17.9 Å². The summed E-state index contributed by atoms with van der Waals surface area (Å²) in [5.74, 6) is -3.79. The van der Waals surface area contributed by atoms with Crippen LogP contribution in [0.1, 0.15) is 74.4 Å². The third kappa shape index (κ3) is 5.26. The number of carbonyl (C=O) groups is 3. The predicted octanol–water partition coefficient (Wildman–Crippen LogP) is 2.26. The number of aliphatic hydroxyl groups is 3. The van der Waals surface area contributed by atoms with Crippen molar-refractivity contribution in [2.45, 2.75) is 69.1 Å². The Balaban J connectivity index is 1.40. The van der Waals surface area contributed by atoms with Crippen LogP contribution in [0.15, 0.2) is 48.5 Å². The van der Waals surface area contributed by atoms with E-state index in [1.54, 1.807) is 6.92 Å². The Morgan fingerprint density at radius 2 is 1.72 bits per heavy atom. The first kappa shape index (κ1) is 31.8. The molecule has 12 heteroatoms. The van der Waals surface area contributed by atoms with Crippen LogP contribution in [-0.4, -0.2) is 86.8 Å². The average Bonchev–Trinajstić information content (AvgIpc) is 3.05. The summed E-state index contributed by atoms with van der Waals surface area (Å²) in [6, 6.07) is 13.7. The highest BCUT2D eigenvalue weighted by molar-refractivity contribution is 6.31. The van der Waals surface area contributed by atoms with Gasteiger partial charge >= 0.3 is 0 Å². The third-order valence-corrected chi connectivity index (χ3v) is 9.01. The minimum atomic E-state index is -2.27. The van der Waals surface area contributed by atoms with E-state index in [0.717, 1.165) is 5.56 Å². The monoisotopic (exact) mass is 634 g/mol. The minimum absolute atomic E-state index is 0.0101. The van der Waals surface area contributed by atoms with E-state index in [0.29, 0.717) is 0 Å². The van der Waals surface area contributed by atoms with E-state index in [2.05, 4.69) is 0 Å². The Kier molecular flexibility index (Phi) is 8.44. The van der Waals surface area contributed by atoms with E-state index in [1.807, 2.05) is 30.3 Å². The molecule has 1 heterocycles. The lowest BCUT2D eigenvalue weighted by Gasteiger charge is -2.42. The van der Waals surface area contributed by atoms with Gasteiger partial charge in [0.2, 0.25) is 5.78 Å². The molecule has 1 saturated heterocycles. The van der Waals surface area contributed by atoms with Crippen molar-refractivity contribution in [3.8, 4) is 17.2 Å². The summed E-state index contributed by atoms with van der Waals surface area (Å²) in [6.45, 7) is 0.786. The van der Waals surface area contributed by atoms with E-state index in [9.17, 15) is 39.9 Å². The Morgan fingerprint density at radius 1 is 1.00 bits per heavy atom. The van der Waals surface area contributed by atoms with Crippen LogP contribution in [0.2, 0.25) is 0 Å². The van der Waals surface area contributed by atoms with Gasteiger partial charge < -0.3 is 44.5 Å². The first-order valence-electron chi connectivity index (χ1n) is 14.9. The number of aromatic hydroxyl groups is 2. The van der Waals surface area contributed by atoms with Crippen LogP contribution in [0.25, 0.3) is 0 Å². The number of benzene rings is 3. The zero-order chi connectivity index (χ0) is 32.9. The van der Waals surface area contributed by atoms with E-state index < -0.39 is 95.7 Å². The molecule has 1 aliphatic heterocycles. The van der Waals surface area contributed by atoms with Crippen LogP contribution in [0.3, 0.4) is 0 Å². The average molecular weight is 635 g/mol. The van der Waals surface area contributed by atoms with Crippen molar-refractivity contribution in [2.75, 3.05) is 13.7 Å². The number of rotatable bonds is 8. The maximum absolute atomic E-state index is 13.8. The third-order valence-electron chi connectivity index (χ3n) is 9.01. The van der Waals surface area contributed by atoms with Gasteiger partial charge in [-0.3, -0.25) is 14.4 Å². The molecule has 3 aromatic rings. The van der Waals surface area contributed by atoms with Gasteiger partial charge in [0, 0.05) is 36.0 Å². The normalized spacial score (nSPS) is 27.0.